The molecule has 0 radical (unpaired) electrons. The zero-order valence-electron chi connectivity index (χ0n) is 9.48. The van der Waals surface area contributed by atoms with Crippen LogP contribution in [0.1, 0.15) is 12.0 Å². The molecule has 2 rings (SSSR count). The Morgan fingerprint density at radius 2 is 2.28 bits per heavy atom. The molecule has 0 spiro atoms. The normalized spacial score (nSPS) is 19.7. The lowest BCUT2D eigenvalue weighted by Gasteiger charge is -2.13. The zero-order valence-corrected chi connectivity index (χ0v) is 11.1. The molecule has 5 nitrogen and oxygen atoms in total. The van der Waals surface area contributed by atoms with Crippen LogP contribution in [0.15, 0.2) is 23.1 Å². The highest BCUT2D eigenvalue weighted by atomic mass is 35.5. The first kappa shape index (κ1) is 13.3. The molecule has 1 aromatic carbocycles. The van der Waals surface area contributed by atoms with Gasteiger partial charge in [0.15, 0.2) is 0 Å². The first-order valence-corrected chi connectivity index (χ1v) is 7.32. The molecule has 1 aliphatic rings. The average molecular weight is 286 g/mol. The highest BCUT2D eigenvalue weighted by Gasteiger charge is 2.24. The minimum absolute atomic E-state index is 0.0462. The Labute approximate surface area is 111 Å². The van der Waals surface area contributed by atoms with E-state index < -0.39 is 10.0 Å². The third-order valence-electron chi connectivity index (χ3n) is 2.73. The van der Waals surface area contributed by atoms with Gasteiger partial charge in [-0.3, -0.25) is 0 Å². The summed E-state index contributed by atoms with van der Waals surface area (Å²) in [5.41, 5.74) is 0.268. The van der Waals surface area contributed by atoms with E-state index in [-0.39, 0.29) is 21.5 Å². The fourth-order valence-corrected chi connectivity index (χ4v) is 3.61. The van der Waals surface area contributed by atoms with Gasteiger partial charge in [0.1, 0.15) is 4.90 Å². The number of halogens is 1. The van der Waals surface area contributed by atoms with E-state index in [1.807, 2.05) is 6.07 Å². The monoisotopic (exact) mass is 285 g/mol. The van der Waals surface area contributed by atoms with Crippen LogP contribution in [0.25, 0.3) is 0 Å². The van der Waals surface area contributed by atoms with Crippen molar-refractivity contribution in [3.8, 4) is 6.07 Å². The van der Waals surface area contributed by atoms with Gasteiger partial charge in [-0.05, 0) is 31.2 Å². The SMILES string of the molecule is N#Cc1ccc(Cl)c(S(=O)(=O)N[C@H]2CCNC2)c1. The largest absolute Gasteiger partial charge is 0.315 e. The Morgan fingerprint density at radius 3 is 2.89 bits per heavy atom. The molecule has 0 amide bonds. The van der Waals surface area contributed by atoms with Crippen molar-refractivity contribution in [3.63, 3.8) is 0 Å². The summed E-state index contributed by atoms with van der Waals surface area (Å²) in [7, 11) is -3.68. The van der Waals surface area contributed by atoms with E-state index >= 15 is 0 Å². The smallest absolute Gasteiger partial charge is 0.242 e. The van der Waals surface area contributed by atoms with Crippen molar-refractivity contribution in [2.24, 2.45) is 0 Å². The summed E-state index contributed by atoms with van der Waals surface area (Å²) in [6.45, 7) is 1.40. The van der Waals surface area contributed by atoms with Crippen LogP contribution in [0.4, 0.5) is 0 Å². The molecule has 18 heavy (non-hydrogen) atoms. The lowest BCUT2D eigenvalue weighted by molar-refractivity contribution is 0.560. The predicted molar refractivity (Wildman–Crippen MR) is 67.8 cm³/mol. The number of nitrogens with one attached hydrogen (secondary N) is 2. The molecule has 7 heteroatoms. The molecule has 1 atom stereocenters. The topological polar surface area (TPSA) is 82.0 Å². The quantitative estimate of drug-likeness (QED) is 0.863. The Hall–Kier alpha value is -1.13. The number of nitrogens with zero attached hydrogens (tertiary/aromatic N) is 1. The number of sulfonamides is 1. The Kier molecular flexibility index (Phi) is 3.88. The molecule has 1 aliphatic heterocycles. The highest BCUT2D eigenvalue weighted by Crippen LogP contribution is 2.22. The van der Waals surface area contributed by atoms with Crippen LogP contribution in [0.2, 0.25) is 5.02 Å². The maximum atomic E-state index is 12.1. The lowest BCUT2D eigenvalue weighted by Crippen LogP contribution is -2.36. The summed E-state index contributed by atoms with van der Waals surface area (Å²) >= 11 is 5.88. The van der Waals surface area contributed by atoms with E-state index in [4.69, 9.17) is 16.9 Å². The van der Waals surface area contributed by atoms with Gasteiger partial charge >= 0.3 is 0 Å². The van der Waals surface area contributed by atoms with Crippen LogP contribution in [-0.4, -0.2) is 27.5 Å². The Balaban J connectivity index is 2.31. The number of benzene rings is 1. The van der Waals surface area contributed by atoms with Gasteiger partial charge in [-0.2, -0.15) is 5.26 Å². The van der Waals surface area contributed by atoms with E-state index in [1.165, 1.54) is 18.2 Å². The average Bonchev–Trinajstić information content (AvgIpc) is 2.81. The molecule has 0 aromatic heterocycles. The second kappa shape index (κ2) is 5.24. The molecule has 1 aromatic rings. The molecular weight excluding hydrogens is 274 g/mol. The van der Waals surface area contributed by atoms with Crippen LogP contribution >= 0.6 is 11.6 Å². The Bertz CT molecular complexity index is 589. The second-order valence-corrected chi connectivity index (χ2v) is 6.16. The minimum Gasteiger partial charge on any atom is -0.315 e. The fraction of sp³-hybridized carbons (Fsp3) is 0.364. The van der Waals surface area contributed by atoms with Gasteiger partial charge in [0.05, 0.1) is 16.7 Å². The molecule has 0 aliphatic carbocycles. The highest BCUT2D eigenvalue weighted by molar-refractivity contribution is 7.89. The van der Waals surface area contributed by atoms with Crippen LogP contribution < -0.4 is 10.0 Å². The van der Waals surface area contributed by atoms with Gasteiger partial charge in [-0.25, -0.2) is 13.1 Å². The maximum absolute atomic E-state index is 12.1. The molecule has 0 bridgehead atoms. The second-order valence-electron chi connectivity index (χ2n) is 4.07. The number of hydrogen-bond donors (Lipinski definition) is 2. The van der Waals surface area contributed by atoms with Gasteiger partial charge in [0, 0.05) is 12.6 Å². The van der Waals surface area contributed by atoms with Crippen molar-refractivity contribution in [2.75, 3.05) is 13.1 Å². The molecule has 2 N–H and O–H groups in total. The van der Waals surface area contributed by atoms with Crippen molar-refractivity contribution >= 4 is 21.6 Å². The summed E-state index contributed by atoms with van der Waals surface area (Å²) in [6, 6.07) is 5.96. The van der Waals surface area contributed by atoms with E-state index in [2.05, 4.69) is 10.0 Å². The van der Waals surface area contributed by atoms with Crippen molar-refractivity contribution in [1.29, 1.82) is 5.26 Å². The van der Waals surface area contributed by atoms with Crippen molar-refractivity contribution in [2.45, 2.75) is 17.4 Å². The Morgan fingerprint density at radius 1 is 1.50 bits per heavy atom. The molecular formula is C11H12ClN3O2S. The molecule has 1 heterocycles. The molecule has 1 fully saturated rings. The van der Waals surface area contributed by atoms with E-state index in [1.54, 1.807) is 0 Å². The summed E-state index contributed by atoms with van der Waals surface area (Å²) in [5, 5.41) is 12.0. The van der Waals surface area contributed by atoms with Gasteiger partial charge in [-0.15, -0.1) is 0 Å². The predicted octanol–water partition coefficient (Wildman–Crippen LogP) is 0.852. The standard InChI is InChI=1S/C11H12ClN3O2S/c12-10-2-1-8(6-13)5-11(10)18(16,17)15-9-3-4-14-7-9/h1-2,5,9,14-15H,3-4,7H2/t9-/m0/s1. The molecule has 96 valence electrons. The number of nitriles is 1. The first-order valence-electron chi connectivity index (χ1n) is 5.45. The fourth-order valence-electron chi connectivity index (χ4n) is 1.82. The van der Waals surface area contributed by atoms with E-state index in [9.17, 15) is 8.42 Å². The zero-order chi connectivity index (χ0) is 13.2. The summed E-state index contributed by atoms with van der Waals surface area (Å²) in [5.74, 6) is 0. The van der Waals surface area contributed by atoms with Crippen LogP contribution in [0, 0.1) is 11.3 Å². The van der Waals surface area contributed by atoms with Crippen molar-refractivity contribution < 1.29 is 8.42 Å². The first-order chi connectivity index (χ1) is 8.53. The van der Waals surface area contributed by atoms with Crippen LogP contribution in [0.5, 0.6) is 0 Å². The van der Waals surface area contributed by atoms with E-state index in [0.29, 0.717) is 6.54 Å². The summed E-state index contributed by atoms with van der Waals surface area (Å²) in [6.07, 6.45) is 0.745. The summed E-state index contributed by atoms with van der Waals surface area (Å²) < 4.78 is 26.9. The molecule has 0 saturated carbocycles. The molecule has 1 saturated heterocycles. The van der Waals surface area contributed by atoms with Crippen molar-refractivity contribution in [1.82, 2.24) is 10.0 Å². The van der Waals surface area contributed by atoms with Crippen LogP contribution in [0.3, 0.4) is 0 Å². The van der Waals surface area contributed by atoms with E-state index in [0.717, 1.165) is 13.0 Å². The third-order valence-corrected chi connectivity index (χ3v) is 4.73. The maximum Gasteiger partial charge on any atom is 0.242 e. The number of rotatable bonds is 3. The van der Waals surface area contributed by atoms with Crippen molar-refractivity contribution in [3.05, 3.63) is 28.8 Å². The minimum atomic E-state index is -3.68. The van der Waals surface area contributed by atoms with Gasteiger partial charge in [0.25, 0.3) is 0 Å². The van der Waals surface area contributed by atoms with Crippen LogP contribution in [-0.2, 0) is 10.0 Å². The third kappa shape index (κ3) is 2.82. The van der Waals surface area contributed by atoms with Gasteiger partial charge in [-0.1, -0.05) is 11.6 Å². The summed E-state index contributed by atoms with van der Waals surface area (Å²) in [4.78, 5) is -0.0462. The lowest BCUT2D eigenvalue weighted by atomic mass is 10.2. The molecule has 0 unspecified atom stereocenters. The van der Waals surface area contributed by atoms with Gasteiger partial charge in [0.2, 0.25) is 10.0 Å². The number of hydrogen-bond acceptors (Lipinski definition) is 4. The van der Waals surface area contributed by atoms with Gasteiger partial charge < -0.3 is 5.32 Å².